The van der Waals surface area contributed by atoms with E-state index in [0.29, 0.717) is 26.1 Å². The van der Waals surface area contributed by atoms with Gasteiger partial charge in [0.15, 0.2) is 0 Å². The fourth-order valence-electron chi connectivity index (χ4n) is 2.17. The predicted octanol–water partition coefficient (Wildman–Crippen LogP) is 0.928. The number of hydrogen-bond acceptors (Lipinski definition) is 5. The van der Waals surface area contributed by atoms with E-state index in [9.17, 15) is 8.42 Å². The highest BCUT2D eigenvalue weighted by Gasteiger charge is 2.34. The number of furan rings is 1. The molecule has 0 aliphatic carbocycles. The number of rotatable bonds is 4. The number of aryl methyl sites for hydroxylation is 1. The van der Waals surface area contributed by atoms with E-state index in [2.05, 4.69) is 4.72 Å². The van der Waals surface area contributed by atoms with E-state index in [4.69, 9.17) is 14.3 Å². The molecule has 0 aromatic carbocycles. The molecule has 1 fully saturated rings. The Morgan fingerprint density at radius 1 is 1.42 bits per heavy atom. The molecular formula is C12H19NO5S. The molecule has 1 aromatic heterocycles. The zero-order chi connectivity index (χ0) is 14.1. The number of nitrogens with one attached hydrogen (secondary N) is 1. The lowest BCUT2D eigenvalue weighted by Gasteiger charge is -2.33. The van der Waals surface area contributed by atoms with Gasteiger partial charge in [0, 0.05) is 24.8 Å². The maximum absolute atomic E-state index is 12.4. The molecule has 0 saturated carbocycles. The van der Waals surface area contributed by atoms with Crippen LogP contribution in [0.5, 0.6) is 0 Å². The smallest absolute Gasteiger partial charge is 0.244 e. The molecule has 2 N–H and O–H groups in total. The van der Waals surface area contributed by atoms with Gasteiger partial charge < -0.3 is 14.3 Å². The van der Waals surface area contributed by atoms with Crippen molar-refractivity contribution >= 4 is 10.0 Å². The molecule has 0 unspecified atom stereocenters. The Balaban J connectivity index is 2.24. The lowest BCUT2D eigenvalue weighted by Crippen LogP contribution is -2.49. The third-order valence-electron chi connectivity index (χ3n) is 3.35. The molecule has 0 bridgehead atoms. The highest BCUT2D eigenvalue weighted by Crippen LogP contribution is 2.25. The zero-order valence-electron chi connectivity index (χ0n) is 11.1. The van der Waals surface area contributed by atoms with Crippen LogP contribution in [0.15, 0.2) is 15.4 Å². The first-order chi connectivity index (χ1) is 8.86. The molecule has 1 aliphatic rings. The summed E-state index contributed by atoms with van der Waals surface area (Å²) in [5, 5.41) is 8.99. The van der Waals surface area contributed by atoms with Gasteiger partial charge in [-0.3, -0.25) is 0 Å². The van der Waals surface area contributed by atoms with Crippen LogP contribution >= 0.6 is 0 Å². The van der Waals surface area contributed by atoms with Crippen LogP contribution in [-0.2, 0) is 21.4 Å². The first-order valence-corrected chi connectivity index (χ1v) is 7.66. The van der Waals surface area contributed by atoms with Crippen LogP contribution in [-0.4, -0.2) is 32.3 Å². The molecule has 1 aromatic rings. The summed E-state index contributed by atoms with van der Waals surface area (Å²) in [6.07, 6.45) is 1.27. The zero-order valence-corrected chi connectivity index (χ0v) is 11.9. The van der Waals surface area contributed by atoms with Gasteiger partial charge in [-0.1, -0.05) is 0 Å². The second kappa shape index (κ2) is 5.24. The van der Waals surface area contributed by atoms with Crippen molar-refractivity contribution in [2.45, 2.75) is 43.7 Å². The Morgan fingerprint density at radius 3 is 2.58 bits per heavy atom. The van der Waals surface area contributed by atoms with Crippen LogP contribution in [0.1, 0.15) is 31.3 Å². The summed E-state index contributed by atoms with van der Waals surface area (Å²) in [5.74, 6) is 0.530. The van der Waals surface area contributed by atoms with E-state index in [0.717, 1.165) is 0 Å². The van der Waals surface area contributed by atoms with Crippen LogP contribution in [0.2, 0.25) is 0 Å². The molecule has 108 valence electrons. The lowest BCUT2D eigenvalue weighted by molar-refractivity contribution is 0.0537. The Bertz CT molecular complexity index is 542. The molecule has 1 aliphatic heterocycles. The van der Waals surface area contributed by atoms with Crippen LogP contribution in [0, 0.1) is 6.92 Å². The van der Waals surface area contributed by atoms with Gasteiger partial charge in [0.1, 0.15) is 23.0 Å². The predicted molar refractivity (Wildman–Crippen MR) is 68.1 cm³/mol. The maximum atomic E-state index is 12.4. The minimum atomic E-state index is -3.65. The van der Waals surface area contributed by atoms with Crippen LogP contribution in [0.25, 0.3) is 0 Å². The van der Waals surface area contributed by atoms with Crippen molar-refractivity contribution in [3.05, 3.63) is 17.6 Å². The van der Waals surface area contributed by atoms with Gasteiger partial charge in [-0.25, -0.2) is 13.1 Å². The largest absolute Gasteiger partial charge is 0.462 e. The van der Waals surface area contributed by atoms with Gasteiger partial charge in [0.2, 0.25) is 10.0 Å². The minimum absolute atomic E-state index is 0.0873. The second-order valence-corrected chi connectivity index (χ2v) is 6.72. The molecule has 6 nitrogen and oxygen atoms in total. The first kappa shape index (κ1) is 14.5. The number of ether oxygens (including phenoxy) is 1. The fourth-order valence-corrected chi connectivity index (χ4v) is 3.84. The molecule has 19 heavy (non-hydrogen) atoms. The van der Waals surface area contributed by atoms with E-state index >= 15 is 0 Å². The average molecular weight is 289 g/mol. The molecular weight excluding hydrogens is 270 g/mol. The van der Waals surface area contributed by atoms with Crippen molar-refractivity contribution < 1.29 is 22.7 Å². The van der Waals surface area contributed by atoms with Crippen LogP contribution in [0.3, 0.4) is 0 Å². The monoisotopic (exact) mass is 289 g/mol. The average Bonchev–Trinajstić information content (AvgIpc) is 2.71. The molecule has 1 saturated heterocycles. The van der Waals surface area contributed by atoms with Gasteiger partial charge >= 0.3 is 0 Å². The van der Waals surface area contributed by atoms with Gasteiger partial charge in [0.05, 0.1) is 0 Å². The lowest BCUT2D eigenvalue weighted by atomic mass is 9.94. The summed E-state index contributed by atoms with van der Waals surface area (Å²) < 4.78 is 37.9. The van der Waals surface area contributed by atoms with Crippen molar-refractivity contribution in [1.82, 2.24) is 4.72 Å². The van der Waals surface area contributed by atoms with E-state index in [1.54, 1.807) is 6.92 Å². The van der Waals surface area contributed by atoms with Crippen LogP contribution in [0.4, 0.5) is 0 Å². The van der Waals surface area contributed by atoms with Gasteiger partial charge in [0.25, 0.3) is 0 Å². The van der Waals surface area contributed by atoms with Crippen molar-refractivity contribution in [3.8, 4) is 0 Å². The highest BCUT2D eigenvalue weighted by atomic mass is 32.2. The topological polar surface area (TPSA) is 88.8 Å². The summed E-state index contributed by atoms with van der Waals surface area (Å²) >= 11 is 0. The fraction of sp³-hybridized carbons (Fsp3) is 0.667. The first-order valence-electron chi connectivity index (χ1n) is 6.18. The van der Waals surface area contributed by atoms with Crippen molar-refractivity contribution in [1.29, 1.82) is 0 Å². The molecule has 2 heterocycles. The van der Waals surface area contributed by atoms with Gasteiger partial charge in [-0.05, 0) is 26.7 Å². The number of aliphatic hydroxyl groups is 1. The summed E-state index contributed by atoms with van der Waals surface area (Å²) in [6, 6.07) is 1.36. The molecule has 0 radical (unpaired) electrons. The van der Waals surface area contributed by atoms with E-state index in [1.807, 2.05) is 6.92 Å². The van der Waals surface area contributed by atoms with E-state index in [1.165, 1.54) is 6.07 Å². The van der Waals surface area contributed by atoms with Crippen molar-refractivity contribution in [2.75, 3.05) is 13.2 Å². The molecule has 7 heteroatoms. The summed E-state index contributed by atoms with van der Waals surface area (Å²) in [6.45, 7) is 4.22. The Labute approximate surface area is 112 Å². The molecule has 0 atom stereocenters. The molecule has 2 rings (SSSR count). The van der Waals surface area contributed by atoms with Gasteiger partial charge in [-0.15, -0.1) is 0 Å². The van der Waals surface area contributed by atoms with Gasteiger partial charge in [-0.2, -0.15) is 0 Å². The maximum Gasteiger partial charge on any atom is 0.244 e. The number of hydrogen-bond donors (Lipinski definition) is 2. The Hall–Kier alpha value is -0.890. The molecule has 0 amide bonds. The minimum Gasteiger partial charge on any atom is -0.462 e. The van der Waals surface area contributed by atoms with Crippen LogP contribution < -0.4 is 4.72 Å². The Morgan fingerprint density at radius 2 is 2.05 bits per heavy atom. The highest BCUT2D eigenvalue weighted by molar-refractivity contribution is 7.89. The quantitative estimate of drug-likeness (QED) is 0.860. The third kappa shape index (κ3) is 3.17. The summed E-state index contributed by atoms with van der Waals surface area (Å²) in [7, 11) is -3.65. The van der Waals surface area contributed by atoms with E-state index in [-0.39, 0.29) is 23.0 Å². The Kier molecular flexibility index (Phi) is 4.00. The normalized spacial score (nSPS) is 19.5. The number of aliphatic hydroxyl groups excluding tert-OH is 1. The third-order valence-corrected chi connectivity index (χ3v) is 5.09. The standard InChI is InChI=1S/C12H19NO5S/c1-9-11(7-10(8-14)18-9)19(15,16)13-12(2)3-5-17-6-4-12/h7,13-14H,3-6,8H2,1-2H3. The van der Waals surface area contributed by atoms with E-state index < -0.39 is 15.6 Å². The summed E-state index contributed by atoms with van der Waals surface area (Å²) in [4.78, 5) is 0.0873. The SMILES string of the molecule is Cc1oc(CO)cc1S(=O)(=O)NC1(C)CCOCC1. The second-order valence-electron chi connectivity index (χ2n) is 5.07. The molecule has 0 spiro atoms. The summed E-state index contributed by atoms with van der Waals surface area (Å²) in [5.41, 5.74) is -0.500. The van der Waals surface area contributed by atoms with Crippen molar-refractivity contribution in [2.24, 2.45) is 0 Å². The number of sulfonamides is 1. The van der Waals surface area contributed by atoms with Crippen molar-refractivity contribution in [3.63, 3.8) is 0 Å².